The minimum absolute atomic E-state index is 0.0368. The van der Waals surface area contributed by atoms with Crippen LogP contribution in [-0.2, 0) is 10.3 Å². The number of hydrogen-bond acceptors (Lipinski definition) is 1. The van der Waals surface area contributed by atoms with E-state index >= 15 is 0 Å². The fraction of sp³-hybridized carbons (Fsp3) is 0.455. The lowest BCUT2D eigenvalue weighted by Gasteiger charge is -2.41. The molecule has 1 heterocycles. The third kappa shape index (κ3) is 1.47. The van der Waals surface area contributed by atoms with E-state index in [9.17, 15) is 0 Å². The normalized spacial score (nSPS) is 26.9. The van der Waals surface area contributed by atoms with Crippen molar-refractivity contribution in [2.75, 3.05) is 6.61 Å². The number of benzene rings is 1. The molecule has 0 radical (unpaired) electrons. The van der Waals surface area contributed by atoms with Crippen LogP contribution >= 0.6 is 11.6 Å². The summed E-state index contributed by atoms with van der Waals surface area (Å²) in [6.45, 7) is 3.03. The maximum Gasteiger partial charge on any atom is 0.0951 e. The van der Waals surface area contributed by atoms with Crippen LogP contribution < -0.4 is 0 Å². The quantitative estimate of drug-likeness (QED) is 0.705. The molecule has 0 saturated carbocycles. The molecule has 0 N–H and O–H groups in total. The summed E-state index contributed by atoms with van der Waals surface area (Å²) in [4.78, 5) is 0. The van der Waals surface area contributed by atoms with Crippen molar-refractivity contribution in [2.24, 2.45) is 0 Å². The molecule has 0 aliphatic carbocycles. The predicted octanol–water partition coefficient (Wildman–Crippen LogP) is 3.37. The van der Waals surface area contributed by atoms with Gasteiger partial charge in [0.15, 0.2) is 0 Å². The molecule has 1 nitrogen and oxygen atoms in total. The van der Waals surface area contributed by atoms with Crippen LogP contribution in [0.2, 0.25) is 5.02 Å². The summed E-state index contributed by atoms with van der Waals surface area (Å²) in [6.07, 6.45) is 2.14. The molecule has 2 rings (SSSR count). The average Bonchev–Trinajstić information content (AvgIpc) is 2.03. The Bertz CT molecular complexity index is 299. The highest BCUT2D eigenvalue weighted by Crippen LogP contribution is 2.40. The number of halogens is 1. The van der Waals surface area contributed by atoms with Crippen molar-refractivity contribution in [3.63, 3.8) is 0 Å². The second-order valence-electron chi connectivity index (χ2n) is 3.46. The summed E-state index contributed by atoms with van der Waals surface area (Å²) in [5, 5.41) is 0.792. The monoisotopic (exact) mass is 196 g/mol. The van der Waals surface area contributed by atoms with Gasteiger partial charge in [-0.15, -0.1) is 0 Å². The molecule has 0 spiro atoms. The van der Waals surface area contributed by atoms with Gasteiger partial charge >= 0.3 is 0 Å². The topological polar surface area (TPSA) is 9.23 Å². The first kappa shape index (κ1) is 9.04. The van der Waals surface area contributed by atoms with Crippen molar-refractivity contribution in [3.8, 4) is 0 Å². The highest BCUT2D eigenvalue weighted by molar-refractivity contribution is 6.30. The Kier molecular flexibility index (Phi) is 2.31. The first-order valence-corrected chi connectivity index (χ1v) is 5.05. The van der Waals surface area contributed by atoms with Crippen LogP contribution in [0.3, 0.4) is 0 Å². The van der Waals surface area contributed by atoms with Gasteiger partial charge in [-0.2, -0.15) is 0 Å². The molecule has 0 bridgehead atoms. The van der Waals surface area contributed by atoms with Gasteiger partial charge in [0.25, 0.3) is 0 Å². The van der Waals surface area contributed by atoms with E-state index < -0.39 is 0 Å². The van der Waals surface area contributed by atoms with Crippen LogP contribution in [0.4, 0.5) is 0 Å². The molecular formula is C11H13ClO. The van der Waals surface area contributed by atoms with Crippen LogP contribution in [0.25, 0.3) is 0 Å². The van der Waals surface area contributed by atoms with Gasteiger partial charge in [0.1, 0.15) is 0 Å². The summed E-state index contributed by atoms with van der Waals surface area (Å²) in [6, 6.07) is 7.97. The molecule has 0 amide bonds. The average molecular weight is 197 g/mol. The maximum atomic E-state index is 5.93. The fourth-order valence-corrected chi connectivity index (χ4v) is 2.02. The van der Waals surface area contributed by atoms with Gasteiger partial charge < -0.3 is 4.74 Å². The Labute approximate surface area is 83.7 Å². The second kappa shape index (κ2) is 3.32. The third-order valence-electron chi connectivity index (χ3n) is 2.81. The van der Waals surface area contributed by atoms with Gasteiger partial charge in [0.2, 0.25) is 0 Å². The summed E-state index contributed by atoms with van der Waals surface area (Å²) >= 11 is 5.93. The molecule has 1 aliphatic rings. The molecule has 70 valence electrons. The molecular weight excluding hydrogens is 184 g/mol. The molecule has 2 heteroatoms. The number of hydrogen-bond donors (Lipinski definition) is 0. The number of ether oxygens (including phenoxy) is 1. The molecule has 1 aliphatic heterocycles. The summed E-state index contributed by atoms with van der Waals surface area (Å²) < 4.78 is 5.65. The van der Waals surface area contributed by atoms with Gasteiger partial charge in [-0.1, -0.05) is 30.7 Å². The zero-order chi connectivity index (χ0) is 9.31. The summed E-state index contributed by atoms with van der Waals surface area (Å²) in [5.74, 6) is 0. The molecule has 1 saturated heterocycles. The van der Waals surface area contributed by atoms with Crippen LogP contribution in [-0.4, -0.2) is 6.61 Å². The van der Waals surface area contributed by atoms with E-state index in [0.29, 0.717) is 0 Å². The molecule has 1 aromatic carbocycles. The standard InChI is InChI=1S/C11H13ClO/c1-2-11(6-7-13-11)9-4-3-5-10(12)8-9/h3-5,8H,2,6-7H2,1H3. The Balaban J connectivity index is 2.33. The number of rotatable bonds is 2. The summed E-state index contributed by atoms with van der Waals surface area (Å²) in [5.41, 5.74) is 1.18. The lowest BCUT2D eigenvalue weighted by Crippen LogP contribution is -2.40. The molecule has 1 atom stereocenters. The SMILES string of the molecule is CCC1(c2cccc(Cl)c2)CCO1. The van der Waals surface area contributed by atoms with Crippen LogP contribution in [0, 0.1) is 0 Å². The molecule has 1 aromatic rings. The van der Waals surface area contributed by atoms with Gasteiger partial charge in [0, 0.05) is 11.4 Å². The Morgan fingerprint density at radius 3 is 2.77 bits per heavy atom. The largest absolute Gasteiger partial charge is 0.370 e. The van der Waals surface area contributed by atoms with Crippen molar-refractivity contribution >= 4 is 11.6 Å². The van der Waals surface area contributed by atoms with E-state index in [0.717, 1.165) is 24.5 Å². The molecule has 0 aromatic heterocycles. The van der Waals surface area contributed by atoms with Gasteiger partial charge in [-0.05, 0) is 24.1 Å². The second-order valence-corrected chi connectivity index (χ2v) is 3.89. The third-order valence-corrected chi connectivity index (χ3v) is 3.04. The van der Waals surface area contributed by atoms with Crippen molar-refractivity contribution in [1.82, 2.24) is 0 Å². The molecule has 1 fully saturated rings. The first-order chi connectivity index (χ1) is 6.27. The van der Waals surface area contributed by atoms with Crippen molar-refractivity contribution in [3.05, 3.63) is 34.9 Å². The van der Waals surface area contributed by atoms with E-state index in [-0.39, 0.29) is 5.60 Å². The zero-order valence-electron chi connectivity index (χ0n) is 7.72. The molecule has 13 heavy (non-hydrogen) atoms. The maximum absolute atomic E-state index is 5.93. The van der Waals surface area contributed by atoms with E-state index in [4.69, 9.17) is 16.3 Å². The predicted molar refractivity (Wildman–Crippen MR) is 54.0 cm³/mol. The fourth-order valence-electron chi connectivity index (χ4n) is 1.83. The van der Waals surface area contributed by atoms with Gasteiger partial charge in [0.05, 0.1) is 12.2 Å². The Morgan fingerprint density at radius 2 is 2.31 bits per heavy atom. The van der Waals surface area contributed by atoms with Crippen molar-refractivity contribution in [1.29, 1.82) is 0 Å². The lowest BCUT2D eigenvalue weighted by atomic mass is 9.84. The van der Waals surface area contributed by atoms with Crippen molar-refractivity contribution in [2.45, 2.75) is 25.4 Å². The Morgan fingerprint density at radius 1 is 1.54 bits per heavy atom. The van der Waals surface area contributed by atoms with Crippen molar-refractivity contribution < 1.29 is 4.74 Å². The van der Waals surface area contributed by atoms with E-state index in [1.807, 2.05) is 18.2 Å². The van der Waals surface area contributed by atoms with E-state index in [2.05, 4.69) is 13.0 Å². The van der Waals surface area contributed by atoms with Crippen LogP contribution in [0.1, 0.15) is 25.3 Å². The first-order valence-electron chi connectivity index (χ1n) is 4.67. The highest BCUT2D eigenvalue weighted by atomic mass is 35.5. The van der Waals surface area contributed by atoms with Gasteiger partial charge in [-0.3, -0.25) is 0 Å². The zero-order valence-corrected chi connectivity index (χ0v) is 8.47. The lowest BCUT2D eigenvalue weighted by molar-refractivity contribution is -0.156. The van der Waals surface area contributed by atoms with Crippen LogP contribution in [0.15, 0.2) is 24.3 Å². The van der Waals surface area contributed by atoms with E-state index in [1.165, 1.54) is 5.56 Å². The van der Waals surface area contributed by atoms with Crippen LogP contribution in [0.5, 0.6) is 0 Å². The smallest absolute Gasteiger partial charge is 0.0951 e. The van der Waals surface area contributed by atoms with E-state index in [1.54, 1.807) is 0 Å². The minimum atomic E-state index is -0.0368. The highest BCUT2D eigenvalue weighted by Gasteiger charge is 2.38. The van der Waals surface area contributed by atoms with Gasteiger partial charge in [-0.25, -0.2) is 0 Å². The molecule has 1 unspecified atom stereocenters. The summed E-state index contributed by atoms with van der Waals surface area (Å²) in [7, 11) is 0. The minimum Gasteiger partial charge on any atom is -0.370 e. The Hall–Kier alpha value is -0.530.